The van der Waals surface area contributed by atoms with Crippen LogP contribution in [0.15, 0.2) is 4.52 Å². The maximum absolute atomic E-state index is 5.72. The first-order valence-electron chi connectivity index (χ1n) is 6.09. The molecule has 0 bridgehead atoms. The van der Waals surface area contributed by atoms with E-state index < -0.39 is 0 Å². The van der Waals surface area contributed by atoms with Gasteiger partial charge in [-0.05, 0) is 25.8 Å². The van der Waals surface area contributed by atoms with E-state index in [1.54, 1.807) is 0 Å². The maximum Gasteiger partial charge on any atom is 0.226 e. The number of aryl methyl sites for hydroxylation is 1. The summed E-state index contributed by atoms with van der Waals surface area (Å²) in [5.74, 6) is 1.55. The normalized spacial score (nSPS) is 21.8. The fourth-order valence-corrected chi connectivity index (χ4v) is 2.22. The molecule has 1 aromatic rings. The molecule has 0 aromatic carbocycles. The van der Waals surface area contributed by atoms with Gasteiger partial charge in [-0.25, -0.2) is 0 Å². The van der Waals surface area contributed by atoms with Crippen molar-refractivity contribution in [1.82, 2.24) is 15.0 Å². The number of hydrogen-bond donors (Lipinski definition) is 1. The van der Waals surface area contributed by atoms with E-state index in [0.717, 1.165) is 44.2 Å². The van der Waals surface area contributed by atoms with Gasteiger partial charge in [0.15, 0.2) is 5.82 Å². The minimum atomic E-state index is 0.494. The molecule has 2 rings (SSSR count). The smallest absolute Gasteiger partial charge is 0.226 e. The van der Waals surface area contributed by atoms with E-state index in [0.29, 0.717) is 6.04 Å². The first-order valence-corrected chi connectivity index (χ1v) is 6.09. The van der Waals surface area contributed by atoms with Crippen LogP contribution in [0.5, 0.6) is 0 Å². The second kappa shape index (κ2) is 5.41. The highest BCUT2D eigenvalue weighted by Gasteiger charge is 2.24. The lowest BCUT2D eigenvalue weighted by atomic mass is 10.2. The average Bonchev–Trinajstić information content (AvgIpc) is 2.89. The van der Waals surface area contributed by atoms with Gasteiger partial charge in [0, 0.05) is 19.0 Å². The van der Waals surface area contributed by atoms with Gasteiger partial charge in [-0.3, -0.25) is 4.90 Å². The van der Waals surface area contributed by atoms with Gasteiger partial charge in [-0.2, -0.15) is 4.98 Å². The zero-order valence-corrected chi connectivity index (χ0v) is 9.85. The Bertz CT molecular complexity index is 326. The van der Waals surface area contributed by atoms with Crippen LogP contribution in [0.3, 0.4) is 0 Å². The van der Waals surface area contributed by atoms with Crippen LogP contribution in [0.25, 0.3) is 0 Å². The summed E-state index contributed by atoms with van der Waals surface area (Å²) in [4.78, 5) is 6.72. The third kappa shape index (κ3) is 2.59. The fourth-order valence-electron chi connectivity index (χ4n) is 2.22. The first-order chi connectivity index (χ1) is 7.83. The molecule has 0 saturated carbocycles. The largest absolute Gasteiger partial charge is 0.339 e. The van der Waals surface area contributed by atoms with Gasteiger partial charge < -0.3 is 10.3 Å². The quantitative estimate of drug-likeness (QED) is 0.806. The lowest BCUT2D eigenvalue weighted by molar-refractivity contribution is 0.240. The van der Waals surface area contributed by atoms with E-state index in [-0.39, 0.29) is 0 Å². The molecule has 1 aromatic heterocycles. The van der Waals surface area contributed by atoms with E-state index in [4.69, 9.17) is 10.3 Å². The van der Waals surface area contributed by atoms with Crippen LogP contribution < -0.4 is 5.73 Å². The van der Waals surface area contributed by atoms with Crippen LogP contribution >= 0.6 is 0 Å². The summed E-state index contributed by atoms with van der Waals surface area (Å²) in [6.07, 6.45) is 4.32. The SMILES string of the molecule is CCCc1nc(CN2CCCC2CN)no1. The van der Waals surface area contributed by atoms with Crippen molar-refractivity contribution in [3.05, 3.63) is 11.7 Å². The van der Waals surface area contributed by atoms with Gasteiger partial charge >= 0.3 is 0 Å². The van der Waals surface area contributed by atoms with Crippen LogP contribution in [0.2, 0.25) is 0 Å². The molecule has 1 atom stereocenters. The Morgan fingerprint density at radius 3 is 3.19 bits per heavy atom. The molecular weight excluding hydrogens is 204 g/mol. The summed E-state index contributed by atoms with van der Waals surface area (Å²) >= 11 is 0. The minimum Gasteiger partial charge on any atom is -0.339 e. The van der Waals surface area contributed by atoms with Gasteiger partial charge in [0.05, 0.1) is 6.54 Å². The van der Waals surface area contributed by atoms with E-state index >= 15 is 0 Å². The summed E-state index contributed by atoms with van der Waals surface area (Å²) in [6, 6.07) is 0.494. The molecule has 1 fully saturated rings. The van der Waals surface area contributed by atoms with E-state index in [1.165, 1.54) is 12.8 Å². The summed E-state index contributed by atoms with van der Waals surface area (Å²) in [5.41, 5.74) is 5.72. The van der Waals surface area contributed by atoms with Gasteiger partial charge in [0.25, 0.3) is 0 Å². The Morgan fingerprint density at radius 2 is 2.44 bits per heavy atom. The van der Waals surface area contributed by atoms with Crippen molar-refractivity contribution in [3.8, 4) is 0 Å². The molecule has 5 nitrogen and oxygen atoms in total. The Kier molecular flexibility index (Phi) is 3.90. The summed E-state index contributed by atoms with van der Waals surface area (Å²) in [5, 5.41) is 4.00. The summed E-state index contributed by atoms with van der Waals surface area (Å²) in [7, 11) is 0. The molecule has 5 heteroatoms. The van der Waals surface area contributed by atoms with Crippen LogP contribution in [-0.4, -0.2) is 34.2 Å². The highest BCUT2D eigenvalue weighted by Crippen LogP contribution is 2.18. The van der Waals surface area contributed by atoms with Crippen molar-refractivity contribution >= 4 is 0 Å². The van der Waals surface area contributed by atoms with Crippen molar-refractivity contribution in [3.63, 3.8) is 0 Å². The van der Waals surface area contributed by atoms with Gasteiger partial charge in [-0.15, -0.1) is 0 Å². The van der Waals surface area contributed by atoms with Crippen molar-refractivity contribution in [2.75, 3.05) is 13.1 Å². The Balaban J connectivity index is 1.92. The number of aromatic nitrogens is 2. The van der Waals surface area contributed by atoms with Crippen LogP contribution in [0.4, 0.5) is 0 Å². The maximum atomic E-state index is 5.72. The molecule has 0 spiro atoms. The summed E-state index contributed by atoms with van der Waals surface area (Å²) in [6.45, 7) is 4.70. The fraction of sp³-hybridized carbons (Fsp3) is 0.818. The number of likely N-dealkylation sites (tertiary alicyclic amines) is 1. The summed E-state index contributed by atoms with van der Waals surface area (Å²) < 4.78 is 5.17. The van der Waals surface area contributed by atoms with Crippen molar-refractivity contribution in [1.29, 1.82) is 0 Å². The van der Waals surface area contributed by atoms with Crippen molar-refractivity contribution in [2.45, 2.75) is 45.2 Å². The van der Waals surface area contributed by atoms with Crippen molar-refractivity contribution < 1.29 is 4.52 Å². The number of nitrogens with two attached hydrogens (primary N) is 1. The van der Waals surface area contributed by atoms with Gasteiger partial charge in [-0.1, -0.05) is 12.1 Å². The molecular formula is C11H20N4O. The standard InChI is InChI=1S/C11H20N4O/c1-2-4-11-13-10(14-16-11)8-15-6-3-5-9(15)7-12/h9H,2-8,12H2,1H3. The molecule has 0 amide bonds. The Labute approximate surface area is 96.0 Å². The minimum absolute atomic E-state index is 0.494. The van der Waals surface area contributed by atoms with E-state index in [2.05, 4.69) is 22.0 Å². The van der Waals surface area contributed by atoms with Crippen molar-refractivity contribution in [2.24, 2.45) is 5.73 Å². The zero-order chi connectivity index (χ0) is 11.4. The van der Waals surface area contributed by atoms with Crippen LogP contribution in [0.1, 0.15) is 37.9 Å². The third-order valence-electron chi connectivity index (χ3n) is 3.09. The Hall–Kier alpha value is -0.940. The zero-order valence-electron chi connectivity index (χ0n) is 9.85. The molecule has 0 aliphatic carbocycles. The van der Waals surface area contributed by atoms with E-state index in [9.17, 15) is 0 Å². The van der Waals surface area contributed by atoms with E-state index in [1.807, 2.05) is 0 Å². The topological polar surface area (TPSA) is 68.2 Å². The average molecular weight is 224 g/mol. The predicted molar refractivity (Wildman–Crippen MR) is 60.8 cm³/mol. The second-order valence-corrected chi connectivity index (χ2v) is 4.36. The number of hydrogen-bond acceptors (Lipinski definition) is 5. The molecule has 2 N–H and O–H groups in total. The molecule has 90 valence electrons. The lowest BCUT2D eigenvalue weighted by Crippen LogP contribution is -2.35. The Morgan fingerprint density at radius 1 is 1.56 bits per heavy atom. The molecule has 2 heterocycles. The predicted octanol–water partition coefficient (Wildman–Crippen LogP) is 0.945. The van der Waals surface area contributed by atoms with Gasteiger partial charge in [0.2, 0.25) is 5.89 Å². The molecule has 0 radical (unpaired) electrons. The molecule has 1 unspecified atom stereocenters. The van der Waals surface area contributed by atoms with Gasteiger partial charge in [0.1, 0.15) is 0 Å². The molecule has 16 heavy (non-hydrogen) atoms. The van der Waals surface area contributed by atoms with Crippen LogP contribution in [0, 0.1) is 0 Å². The monoisotopic (exact) mass is 224 g/mol. The number of rotatable bonds is 5. The lowest BCUT2D eigenvalue weighted by Gasteiger charge is -2.20. The highest BCUT2D eigenvalue weighted by atomic mass is 16.5. The number of nitrogens with zero attached hydrogens (tertiary/aromatic N) is 3. The highest BCUT2D eigenvalue weighted by molar-refractivity contribution is 4.90. The van der Waals surface area contributed by atoms with Crippen LogP contribution in [-0.2, 0) is 13.0 Å². The second-order valence-electron chi connectivity index (χ2n) is 4.36. The first kappa shape index (κ1) is 11.5. The molecule has 1 aliphatic rings. The molecule has 1 saturated heterocycles. The third-order valence-corrected chi connectivity index (χ3v) is 3.09. The molecule has 1 aliphatic heterocycles.